The van der Waals surface area contributed by atoms with Crippen LogP contribution in [0, 0.1) is 11.7 Å². The number of hydrogen-bond donors (Lipinski definition) is 1. The molecule has 2 aliphatic heterocycles. The van der Waals surface area contributed by atoms with Gasteiger partial charge in [0.1, 0.15) is 11.6 Å². The molecule has 3 heterocycles. The summed E-state index contributed by atoms with van der Waals surface area (Å²) in [6.45, 7) is 8.39. The first-order valence-electron chi connectivity index (χ1n) is 10.8. The number of nitrogens with two attached hydrogens (primary N) is 1. The monoisotopic (exact) mass is 538 g/mol. The van der Waals surface area contributed by atoms with Crippen molar-refractivity contribution >= 4 is 41.4 Å². The van der Waals surface area contributed by atoms with E-state index in [1.165, 1.54) is 25.0 Å². The zero-order valence-electron chi connectivity index (χ0n) is 18.1. The number of aliphatic imine (C=N–C) groups is 1. The van der Waals surface area contributed by atoms with Gasteiger partial charge in [0.25, 0.3) is 0 Å². The molecule has 0 saturated carbocycles. The second kappa shape index (κ2) is 11.0. The van der Waals surface area contributed by atoms with Crippen LogP contribution in [-0.2, 0) is 6.54 Å². The van der Waals surface area contributed by atoms with Crippen molar-refractivity contribution in [1.82, 2.24) is 9.88 Å². The summed E-state index contributed by atoms with van der Waals surface area (Å²) in [4.78, 5) is 16.0. The molecule has 2 aliphatic rings. The smallest absolute Gasteiger partial charge is 0.191 e. The van der Waals surface area contributed by atoms with Crippen LogP contribution in [-0.4, -0.2) is 55.1 Å². The Morgan fingerprint density at radius 1 is 1.03 bits per heavy atom. The molecule has 2 fully saturated rings. The average molecular weight is 538 g/mol. The highest BCUT2D eigenvalue weighted by Gasteiger charge is 2.19. The maximum Gasteiger partial charge on any atom is 0.191 e. The number of piperazine rings is 1. The van der Waals surface area contributed by atoms with Crippen molar-refractivity contribution in [3.63, 3.8) is 0 Å². The summed E-state index contributed by atoms with van der Waals surface area (Å²) < 4.78 is 13.2. The molecule has 8 heteroatoms. The molecule has 1 aromatic carbocycles. The molecule has 0 unspecified atom stereocenters. The summed E-state index contributed by atoms with van der Waals surface area (Å²) in [5, 5.41) is 0. The van der Waals surface area contributed by atoms with Crippen LogP contribution in [0.2, 0.25) is 0 Å². The number of guanidine groups is 1. The van der Waals surface area contributed by atoms with Crippen molar-refractivity contribution in [2.75, 3.05) is 49.1 Å². The normalized spacial score (nSPS) is 18.1. The Labute approximate surface area is 201 Å². The fourth-order valence-corrected chi connectivity index (χ4v) is 4.09. The molecule has 0 radical (unpaired) electrons. The quantitative estimate of drug-likeness (QED) is 0.366. The van der Waals surface area contributed by atoms with E-state index in [1.807, 2.05) is 24.4 Å². The first-order valence-corrected chi connectivity index (χ1v) is 10.8. The number of anilines is 2. The van der Waals surface area contributed by atoms with Gasteiger partial charge in [0.15, 0.2) is 5.96 Å². The van der Waals surface area contributed by atoms with Gasteiger partial charge in [-0.2, -0.15) is 0 Å². The number of pyridine rings is 1. The number of benzene rings is 1. The fraction of sp³-hybridized carbons (Fsp3) is 0.478. The summed E-state index contributed by atoms with van der Waals surface area (Å²) in [6, 6.07) is 10.8. The van der Waals surface area contributed by atoms with Gasteiger partial charge in [0.2, 0.25) is 0 Å². The van der Waals surface area contributed by atoms with Crippen LogP contribution in [0.25, 0.3) is 0 Å². The van der Waals surface area contributed by atoms with E-state index in [0.29, 0.717) is 12.5 Å². The van der Waals surface area contributed by atoms with Crippen LogP contribution >= 0.6 is 24.0 Å². The van der Waals surface area contributed by atoms with Gasteiger partial charge >= 0.3 is 0 Å². The van der Waals surface area contributed by atoms with E-state index in [9.17, 15) is 4.39 Å². The molecular weight excluding hydrogens is 506 g/mol. The lowest BCUT2D eigenvalue weighted by atomic mass is 10.00. The molecule has 0 atom stereocenters. The zero-order valence-corrected chi connectivity index (χ0v) is 20.4. The molecular formula is C23H32FIN6. The topological polar surface area (TPSA) is 61.0 Å². The average Bonchev–Trinajstić information content (AvgIpc) is 2.79. The van der Waals surface area contributed by atoms with Crippen LogP contribution in [0.4, 0.5) is 15.9 Å². The maximum absolute atomic E-state index is 13.2. The molecule has 0 amide bonds. The Morgan fingerprint density at radius 3 is 2.35 bits per heavy atom. The van der Waals surface area contributed by atoms with E-state index in [1.54, 1.807) is 0 Å². The molecule has 0 spiro atoms. The van der Waals surface area contributed by atoms with Gasteiger partial charge < -0.3 is 20.4 Å². The van der Waals surface area contributed by atoms with E-state index in [2.05, 4.69) is 37.7 Å². The SMILES string of the molecule is CC1CCN(C(N)=NCc2ccnc(N3CCN(c4ccc(F)cc4)CC3)c2)CC1.I. The molecule has 2 aromatic rings. The van der Waals surface area contributed by atoms with Crippen molar-refractivity contribution in [2.24, 2.45) is 16.6 Å². The third kappa shape index (κ3) is 6.21. The maximum atomic E-state index is 13.2. The van der Waals surface area contributed by atoms with Crippen molar-refractivity contribution in [1.29, 1.82) is 0 Å². The number of likely N-dealkylation sites (tertiary alicyclic amines) is 1. The number of aromatic nitrogens is 1. The van der Waals surface area contributed by atoms with Gasteiger partial charge in [-0.05, 0) is 60.7 Å². The summed E-state index contributed by atoms with van der Waals surface area (Å²) in [7, 11) is 0. The molecule has 0 aliphatic carbocycles. The number of rotatable bonds is 4. The molecule has 6 nitrogen and oxygen atoms in total. The van der Waals surface area contributed by atoms with Gasteiger partial charge in [-0.25, -0.2) is 14.4 Å². The van der Waals surface area contributed by atoms with Crippen molar-refractivity contribution in [2.45, 2.75) is 26.3 Å². The molecule has 31 heavy (non-hydrogen) atoms. The molecule has 0 bridgehead atoms. The highest BCUT2D eigenvalue weighted by atomic mass is 127. The lowest BCUT2D eigenvalue weighted by Crippen LogP contribution is -2.46. The first kappa shape index (κ1) is 23.6. The van der Waals surface area contributed by atoms with Gasteiger partial charge in [-0.15, -0.1) is 24.0 Å². The van der Waals surface area contributed by atoms with Crippen LogP contribution in [0.1, 0.15) is 25.3 Å². The lowest BCUT2D eigenvalue weighted by molar-refractivity contribution is 0.277. The van der Waals surface area contributed by atoms with E-state index in [-0.39, 0.29) is 29.8 Å². The van der Waals surface area contributed by atoms with E-state index in [4.69, 9.17) is 5.73 Å². The molecule has 4 rings (SSSR count). The number of hydrogen-bond acceptors (Lipinski definition) is 4. The summed E-state index contributed by atoms with van der Waals surface area (Å²) in [5.74, 6) is 2.21. The summed E-state index contributed by atoms with van der Waals surface area (Å²) in [6.07, 6.45) is 4.21. The minimum absolute atomic E-state index is 0. The van der Waals surface area contributed by atoms with Crippen LogP contribution in [0.5, 0.6) is 0 Å². The van der Waals surface area contributed by atoms with Crippen molar-refractivity contribution in [3.05, 3.63) is 54.0 Å². The van der Waals surface area contributed by atoms with E-state index >= 15 is 0 Å². The highest BCUT2D eigenvalue weighted by Crippen LogP contribution is 2.21. The van der Waals surface area contributed by atoms with Gasteiger partial charge in [-0.3, -0.25) is 0 Å². The van der Waals surface area contributed by atoms with Gasteiger partial charge in [0.05, 0.1) is 6.54 Å². The van der Waals surface area contributed by atoms with Gasteiger partial charge in [-0.1, -0.05) is 6.92 Å². The molecule has 1 aromatic heterocycles. The summed E-state index contributed by atoms with van der Waals surface area (Å²) in [5.41, 5.74) is 8.41. The van der Waals surface area contributed by atoms with Crippen molar-refractivity contribution in [3.8, 4) is 0 Å². The van der Waals surface area contributed by atoms with Crippen LogP contribution < -0.4 is 15.5 Å². The number of nitrogens with zero attached hydrogens (tertiary/aromatic N) is 5. The Bertz CT molecular complexity index is 859. The van der Waals surface area contributed by atoms with Gasteiger partial charge in [0, 0.05) is 51.2 Å². The Hall–Kier alpha value is -2.10. The van der Waals surface area contributed by atoms with Crippen LogP contribution in [0.3, 0.4) is 0 Å². The molecule has 2 saturated heterocycles. The minimum Gasteiger partial charge on any atom is -0.370 e. The largest absolute Gasteiger partial charge is 0.370 e. The third-order valence-electron chi connectivity index (χ3n) is 6.14. The summed E-state index contributed by atoms with van der Waals surface area (Å²) >= 11 is 0. The van der Waals surface area contributed by atoms with E-state index in [0.717, 1.165) is 62.3 Å². The molecule has 2 N–H and O–H groups in total. The third-order valence-corrected chi connectivity index (χ3v) is 6.14. The first-order chi connectivity index (χ1) is 14.6. The van der Waals surface area contributed by atoms with E-state index < -0.39 is 0 Å². The Kier molecular flexibility index (Phi) is 8.34. The highest BCUT2D eigenvalue weighted by molar-refractivity contribution is 14.0. The Balaban J connectivity index is 0.00000272. The Morgan fingerprint density at radius 2 is 1.68 bits per heavy atom. The number of halogens is 2. The van der Waals surface area contributed by atoms with Crippen molar-refractivity contribution < 1.29 is 4.39 Å². The second-order valence-corrected chi connectivity index (χ2v) is 8.32. The minimum atomic E-state index is -0.198. The fourth-order valence-electron chi connectivity index (χ4n) is 4.09. The standard InChI is InChI=1S/C23H31FN6.HI/c1-18-7-10-30(11-8-18)23(25)27-17-19-6-9-26-22(16-19)29-14-12-28(13-15-29)21-4-2-20(24)3-5-21;/h2-6,9,16,18H,7-8,10-15,17H2,1H3,(H2,25,27);1H. The predicted octanol–water partition coefficient (Wildman–Crippen LogP) is 3.71. The lowest BCUT2D eigenvalue weighted by Gasteiger charge is -2.36. The van der Waals surface area contributed by atoms with Crippen LogP contribution in [0.15, 0.2) is 47.6 Å². The predicted molar refractivity (Wildman–Crippen MR) is 136 cm³/mol. The second-order valence-electron chi connectivity index (χ2n) is 8.32. The number of piperidine rings is 1. The molecule has 168 valence electrons. The zero-order chi connectivity index (χ0) is 20.9.